The molecule has 1 saturated heterocycles. The van der Waals surface area contributed by atoms with E-state index in [1.54, 1.807) is 6.07 Å². The van der Waals surface area contributed by atoms with Crippen molar-refractivity contribution in [1.82, 2.24) is 15.3 Å². The fourth-order valence-corrected chi connectivity index (χ4v) is 2.43. The number of hydrogen-bond acceptors (Lipinski definition) is 4. The number of H-pyrrole nitrogens is 1. The minimum atomic E-state index is -0.375. The number of aliphatic hydroxyl groups excluding tert-OH is 1. The summed E-state index contributed by atoms with van der Waals surface area (Å²) in [6.07, 6.45) is 0.259. The van der Waals surface area contributed by atoms with Crippen molar-refractivity contribution in [2.24, 2.45) is 0 Å². The Morgan fingerprint density at radius 1 is 1.28 bits per heavy atom. The summed E-state index contributed by atoms with van der Waals surface area (Å²) in [5.41, 5.74) is 0.590. The van der Waals surface area contributed by atoms with Crippen LogP contribution in [0.1, 0.15) is 18.2 Å². The number of nitrogens with one attached hydrogen (secondary N) is 2. The summed E-state index contributed by atoms with van der Waals surface area (Å²) in [5.74, 6) is 0.719. The highest BCUT2D eigenvalue weighted by atomic mass is 16.3. The molecule has 0 spiro atoms. The lowest BCUT2D eigenvalue weighted by atomic mass is 9.96. The summed E-state index contributed by atoms with van der Waals surface area (Å²) in [6.45, 7) is 1.34. The first-order chi connectivity index (χ1) is 8.74. The van der Waals surface area contributed by atoms with Crippen LogP contribution in [-0.2, 0) is 0 Å². The minimum Gasteiger partial charge on any atom is -0.392 e. The Labute approximate surface area is 104 Å². The van der Waals surface area contributed by atoms with E-state index >= 15 is 0 Å². The quantitative estimate of drug-likeness (QED) is 0.678. The molecule has 0 saturated carbocycles. The summed E-state index contributed by atoms with van der Waals surface area (Å²) >= 11 is 0. The molecule has 0 aliphatic carbocycles. The minimum absolute atomic E-state index is 0.0612. The average molecular weight is 245 g/mol. The van der Waals surface area contributed by atoms with Gasteiger partial charge in [-0.15, -0.1) is 0 Å². The van der Waals surface area contributed by atoms with E-state index in [1.807, 2.05) is 18.2 Å². The Balaban J connectivity index is 2.04. The molecule has 94 valence electrons. The third-order valence-corrected chi connectivity index (χ3v) is 3.35. The number of piperidine rings is 1. The average Bonchev–Trinajstić information content (AvgIpc) is 2.39. The highest BCUT2D eigenvalue weighted by Crippen LogP contribution is 2.20. The third-order valence-electron chi connectivity index (χ3n) is 3.35. The largest absolute Gasteiger partial charge is 0.392 e. The number of fused-ring (bicyclic) bond motifs is 1. The second-order valence-electron chi connectivity index (χ2n) is 4.71. The van der Waals surface area contributed by atoms with Crippen molar-refractivity contribution in [3.8, 4) is 0 Å². The van der Waals surface area contributed by atoms with Gasteiger partial charge in [-0.25, -0.2) is 4.98 Å². The maximum Gasteiger partial charge on any atom is 0.258 e. The van der Waals surface area contributed by atoms with Crippen molar-refractivity contribution in [2.45, 2.75) is 18.4 Å². The molecule has 0 amide bonds. The number of benzene rings is 1. The van der Waals surface area contributed by atoms with E-state index in [0.29, 0.717) is 29.7 Å². The number of para-hydroxylation sites is 1. The molecule has 0 bridgehead atoms. The third kappa shape index (κ3) is 2.02. The van der Waals surface area contributed by atoms with Crippen LogP contribution in [0, 0.1) is 0 Å². The number of rotatable bonds is 1. The van der Waals surface area contributed by atoms with Gasteiger partial charge in [0.15, 0.2) is 0 Å². The van der Waals surface area contributed by atoms with E-state index in [9.17, 15) is 9.90 Å². The Kier molecular flexibility index (Phi) is 2.85. The van der Waals surface area contributed by atoms with Crippen LogP contribution in [0.4, 0.5) is 0 Å². The molecule has 0 unspecified atom stereocenters. The van der Waals surface area contributed by atoms with Crippen molar-refractivity contribution in [3.05, 3.63) is 40.4 Å². The van der Waals surface area contributed by atoms with E-state index in [2.05, 4.69) is 15.3 Å². The highest BCUT2D eigenvalue weighted by molar-refractivity contribution is 5.77. The van der Waals surface area contributed by atoms with Crippen molar-refractivity contribution < 1.29 is 5.11 Å². The van der Waals surface area contributed by atoms with Gasteiger partial charge >= 0.3 is 0 Å². The molecule has 1 fully saturated rings. The van der Waals surface area contributed by atoms with E-state index in [-0.39, 0.29) is 17.6 Å². The molecule has 5 heteroatoms. The Morgan fingerprint density at radius 2 is 2.11 bits per heavy atom. The Bertz CT molecular complexity index is 623. The predicted octanol–water partition coefficient (Wildman–Crippen LogP) is 0.361. The van der Waals surface area contributed by atoms with E-state index in [1.165, 1.54) is 0 Å². The van der Waals surface area contributed by atoms with Crippen molar-refractivity contribution in [3.63, 3.8) is 0 Å². The molecule has 1 aliphatic rings. The van der Waals surface area contributed by atoms with Gasteiger partial charge in [-0.2, -0.15) is 0 Å². The topological polar surface area (TPSA) is 78.0 Å². The lowest BCUT2D eigenvalue weighted by molar-refractivity contribution is 0.130. The van der Waals surface area contributed by atoms with Crippen LogP contribution in [-0.4, -0.2) is 34.3 Å². The van der Waals surface area contributed by atoms with E-state index in [4.69, 9.17) is 0 Å². The number of aromatic amines is 1. The molecule has 3 N–H and O–H groups in total. The molecular weight excluding hydrogens is 230 g/mol. The second kappa shape index (κ2) is 4.51. The molecular formula is C13H15N3O2. The van der Waals surface area contributed by atoms with Crippen molar-refractivity contribution in [1.29, 1.82) is 0 Å². The lowest BCUT2D eigenvalue weighted by Crippen LogP contribution is -2.39. The molecule has 18 heavy (non-hydrogen) atoms. The highest BCUT2D eigenvalue weighted by Gasteiger charge is 2.23. The summed E-state index contributed by atoms with van der Waals surface area (Å²) in [5, 5.41) is 13.4. The van der Waals surface area contributed by atoms with Gasteiger partial charge in [0.2, 0.25) is 0 Å². The zero-order valence-electron chi connectivity index (χ0n) is 9.89. The summed E-state index contributed by atoms with van der Waals surface area (Å²) in [4.78, 5) is 19.3. The van der Waals surface area contributed by atoms with Crippen LogP contribution < -0.4 is 10.9 Å². The SMILES string of the molecule is O=c1[nH]c([C@H]2CNC[C@@H](O)C2)nc2ccccc12. The van der Waals surface area contributed by atoms with Gasteiger partial charge in [-0.1, -0.05) is 12.1 Å². The van der Waals surface area contributed by atoms with Crippen LogP contribution in [0.3, 0.4) is 0 Å². The van der Waals surface area contributed by atoms with Gasteiger partial charge in [-0.05, 0) is 18.6 Å². The van der Waals surface area contributed by atoms with Gasteiger partial charge in [0.1, 0.15) is 5.82 Å². The van der Waals surface area contributed by atoms with E-state index < -0.39 is 0 Å². The number of aliphatic hydroxyl groups is 1. The van der Waals surface area contributed by atoms with Crippen molar-refractivity contribution in [2.75, 3.05) is 13.1 Å². The van der Waals surface area contributed by atoms with Crippen LogP contribution in [0.25, 0.3) is 10.9 Å². The molecule has 2 aromatic rings. The summed E-state index contributed by atoms with van der Waals surface area (Å²) in [7, 11) is 0. The molecule has 1 aliphatic heterocycles. The second-order valence-corrected chi connectivity index (χ2v) is 4.71. The maximum atomic E-state index is 11.9. The molecule has 5 nitrogen and oxygen atoms in total. The summed E-state index contributed by atoms with van der Waals surface area (Å²) < 4.78 is 0. The van der Waals surface area contributed by atoms with Gasteiger partial charge in [0.25, 0.3) is 5.56 Å². The zero-order valence-corrected chi connectivity index (χ0v) is 9.89. The standard InChI is InChI=1S/C13H15N3O2/c17-9-5-8(6-14-7-9)12-15-11-4-2-1-3-10(11)13(18)16-12/h1-4,8-9,14,17H,5-7H2,(H,15,16,18)/t8-,9+/m1/s1. The Morgan fingerprint density at radius 3 is 2.94 bits per heavy atom. The van der Waals surface area contributed by atoms with Crippen LogP contribution in [0.15, 0.2) is 29.1 Å². The number of hydrogen-bond donors (Lipinski definition) is 3. The fraction of sp³-hybridized carbons (Fsp3) is 0.385. The van der Waals surface area contributed by atoms with E-state index in [0.717, 1.165) is 6.54 Å². The monoisotopic (exact) mass is 245 g/mol. The van der Waals surface area contributed by atoms with Gasteiger partial charge in [0, 0.05) is 19.0 Å². The van der Waals surface area contributed by atoms with Gasteiger partial charge in [-0.3, -0.25) is 4.79 Å². The molecule has 3 rings (SSSR count). The number of aromatic nitrogens is 2. The van der Waals surface area contributed by atoms with Gasteiger partial charge in [0.05, 0.1) is 17.0 Å². The zero-order chi connectivity index (χ0) is 12.5. The van der Waals surface area contributed by atoms with Gasteiger partial charge < -0.3 is 15.4 Å². The summed E-state index contributed by atoms with van der Waals surface area (Å²) in [6, 6.07) is 7.29. The fourth-order valence-electron chi connectivity index (χ4n) is 2.43. The molecule has 1 aromatic heterocycles. The first-order valence-corrected chi connectivity index (χ1v) is 6.12. The molecule has 2 heterocycles. The number of β-amino-alcohol motifs (C(OH)–C–C–N with tert-alkyl or cyclic N) is 1. The predicted molar refractivity (Wildman–Crippen MR) is 68.6 cm³/mol. The molecule has 0 radical (unpaired) electrons. The smallest absolute Gasteiger partial charge is 0.258 e. The molecule has 1 aromatic carbocycles. The first kappa shape index (κ1) is 11.4. The van der Waals surface area contributed by atoms with Crippen LogP contribution in [0.5, 0.6) is 0 Å². The maximum absolute atomic E-state index is 11.9. The van der Waals surface area contributed by atoms with Crippen molar-refractivity contribution >= 4 is 10.9 Å². The lowest BCUT2D eigenvalue weighted by Gasteiger charge is -2.26. The molecule has 2 atom stereocenters. The van der Waals surface area contributed by atoms with Crippen LogP contribution >= 0.6 is 0 Å². The normalized spacial score (nSPS) is 24.3. The van der Waals surface area contributed by atoms with Crippen LogP contribution in [0.2, 0.25) is 0 Å². The Hall–Kier alpha value is -1.72. The first-order valence-electron chi connectivity index (χ1n) is 6.12. The number of nitrogens with zero attached hydrogens (tertiary/aromatic N) is 1.